The molecule has 0 amide bonds. The van der Waals surface area contributed by atoms with Gasteiger partial charge in [0.25, 0.3) is 0 Å². The van der Waals surface area contributed by atoms with Gasteiger partial charge in [0.05, 0.1) is 6.04 Å². The Balaban J connectivity index is 1.86. The van der Waals surface area contributed by atoms with Gasteiger partial charge in [-0.2, -0.15) is 0 Å². The van der Waals surface area contributed by atoms with Crippen molar-refractivity contribution in [2.45, 2.75) is 13.0 Å². The van der Waals surface area contributed by atoms with E-state index in [9.17, 15) is 5.11 Å². The van der Waals surface area contributed by atoms with E-state index in [0.717, 1.165) is 22.2 Å². The van der Waals surface area contributed by atoms with Crippen LogP contribution in [0.2, 0.25) is 5.02 Å². The molecule has 4 nitrogen and oxygen atoms in total. The second kappa shape index (κ2) is 7.25. The van der Waals surface area contributed by atoms with Gasteiger partial charge in [0.2, 0.25) is 0 Å². The summed E-state index contributed by atoms with van der Waals surface area (Å²) in [5.41, 5.74) is 3.14. The molecule has 0 bridgehead atoms. The minimum absolute atomic E-state index is 0.166. The minimum atomic E-state index is -0.302. The number of aryl methyl sites for hydroxylation is 1. The summed E-state index contributed by atoms with van der Waals surface area (Å²) in [5.74, 6) is 0.883. The van der Waals surface area contributed by atoms with Crippen LogP contribution >= 0.6 is 11.6 Å². The first-order valence-corrected chi connectivity index (χ1v) is 9.02. The highest BCUT2D eigenvalue weighted by molar-refractivity contribution is 6.30. The highest BCUT2D eigenvalue weighted by atomic mass is 35.5. The molecule has 134 valence electrons. The van der Waals surface area contributed by atoms with Gasteiger partial charge in [-0.1, -0.05) is 48.0 Å². The zero-order valence-corrected chi connectivity index (χ0v) is 15.5. The molecule has 0 unspecified atom stereocenters. The maximum Gasteiger partial charge on any atom is 0.147 e. The van der Waals surface area contributed by atoms with Gasteiger partial charge in [-0.15, -0.1) is 0 Å². The maximum atomic E-state index is 11.0. The van der Waals surface area contributed by atoms with Crippen molar-refractivity contribution in [2.75, 3.05) is 5.32 Å². The molecule has 4 aromatic rings. The summed E-state index contributed by atoms with van der Waals surface area (Å²) in [5, 5.41) is 16.0. The summed E-state index contributed by atoms with van der Waals surface area (Å²) < 4.78 is 0. The second-order valence-corrected chi connectivity index (χ2v) is 6.81. The Kier molecular flexibility index (Phi) is 4.65. The molecular weight excluding hydrogens is 358 g/mol. The molecule has 0 saturated heterocycles. The Morgan fingerprint density at radius 1 is 0.963 bits per heavy atom. The van der Waals surface area contributed by atoms with Gasteiger partial charge >= 0.3 is 0 Å². The molecule has 27 heavy (non-hydrogen) atoms. The number of pyridine rings is 2. The zero-order valence-electron chi connectivity index (χ0n) is 14.7. The maximum absolute atomic E-state index is 11.0. The van der Waals surface area contributed by atoms with Gasteiger partial charge in [0.15, 0.2) is 0 Å². The first-order chi connectivity index (χ1) is 13.1. The third kappa shape index (κ3) is 3.57. The minimum Gasteiger partial charge on any atom is -0.505 e. The fraction of sp³-hybridized carbons (Fsp3) is 0.0909. The van der Waals surface area contributed by atoms with E-state index in [4.69, 9.17) is 11.6 Å². The van der Waals surface area contributed by atoms with E-state index >= 15 is 0 Å². The number of nitrogens with one attached hydrogen (secondary N) is 1. The molecule has 4 rings (SSSR count). The largest absolute Gasteiger partial charge is 0.505 e. The lowest BCUT2D eigenvalue weighted by molar-refractivity contribution is 0.471. The SMILES string of the molecule is Cc1ccc2ccc([C@@H](Nc3ccccn3)c3ccc(Cl)cc3)c(O)c2n1. The summed E-state index contributed by atoms with van der Waals surface area (Å²) in [6, 6.07) is 20.7. The molecule has 5 heteroatoms. The number of aromatic nitrogens is 2. The molecular formula is C22H18ClN3O. The first-order valence-electron chi connectivity index (χ1n) is 8.64. The highest BCUT2D eigenvalue weighted by Gasteiger charge is 2.20. The molecule has 0 fully saturated rings. The summed E-state index contributed by atoms with van der Waals surface area (Å²) in [6.07, 6.45) is 1.73. The Morgan fingerprint density at radius 3 is 2.48 bits per heavy atom. The van der Waals surface area contributed by atoms with Crippen LogP contribution in [0.15, 0.2) is 72.9 Å². The van der Waals surface area contributed by atoms with Crippen molar-refractivity contribution in [1.82, 2.24) is 9.97 Å². The molecule has 2 aromatic heterocycles. The van der Waals surface area contributed by atoms with Crippen LogP contribution in [0.3, 0.4) is 0 Å². The zero-order chi connectivity index (χ0) is 18.8. The van der Waals surface area contributed by atoms with Crippen LogP contribution in [0.1, 0.15) is 22.9 Å². The lowest BCUT2D eigenvalue weighted by atomic mass is 9.96. The molecule has 0 aliphatic rings. The fourth-order valence-electron chi connectivity index (χ4n) is 3.11. The molecule has 1 atom stereocenters. The number of rotatable bonds is 4. The fourth-order valence-corrected chi connectivity index (χ4v) is 3.24. The van der Waals surface area contributed by atoms with Crippen molar-refractivity contribution in [2.24, 2.45) is 0 Å². The van der Waals surface area contributed by atoms with Crippen molar-refractivity contribution in [3.63, 3.8) is 0 Å². The molecule has 2 aromatic carbocycles. The number of aromatic hydroxyl groups is 1. The predicted molar refractivity (Wildman–Crippen MR) is 109 cm³/mol. The Morgan fingerprint density at radius 2 is 1.74 bits per heavy atom. The Hall–Kier alpha value is -3.11. The Bertz CT molecular complexity index is 1080. The normalized spacial score (nSPS) is 12.1. The standard InChI is InChI=1S/C22H18ClN3O/c1-14-5-6-16-9-12-18(22(27)21(16)25-14)20(15-7-10-17(23)11-8-15)26-19-4-2-3-13-24-19/h2-13,20,27H,1H3,(H,24,26)/t20-/m0/s1. The van der Waals surface area contributed by atoms with E-state index in [1.807, 2.05) is 73.7 Å². The number of hydrogen-bond acceptors (Lipinski definition) is 4. The molecule has 0 aliphatic carbocycles. The summed E-state index contributed by atoms with van der Waals surface area (Å²) in [7, 11) is 0. The summed E-state index contributed by atoms with van der Waals surface area (Å²) >= 11 is 6.06. The van der Waals surface area contributed by atoms with Gasteiger partial charge in [-0.05, 0) is 42.8 Å². The number of anilines is 1. The predicted octanol–water partition coefficient (Wildman–Crippen LogP) is 5.50. The third-order valence-electron chi connectivity index (χ3n) is 4.48. The molecule has 0 aliphatic heterocycles. The van der Waals surface area contributed by atoms with Crippen molar-refractivity contribution >= 4 is 28.3 Å². The van der Waals surface area contributed by atoms with Gasteiger partial charge in [0.1, 0.15) is 17.1 Å². The second-order valence-electron chi connectivity index (χ2n) is 6.37. The van der Waals surface area contributed by atoms with E-state index in [2.05, 4.69) is 15.3 Å². The number of phenolic OH excluding ortho intramolecular Hbond substituents is 1. The molecule has 0 spiro atoms. The van der Waals surface area contributed by atoms with Crippen LogP contribution in [0.25, 0.3) is 10.9 Å². The molecule has 0 radical (unpaired) electrons. The first kappa shape index (κ1) is 17.3. The summed E-state index contributed by atoms with van der Waals surface area (Å²) in [4.78, 5) is 8.88. The number of phenols is 1. The van der Waals surface area contributed by atoms with Crippen LogP contribution in [0.4, 0.5) is 5.82 Å². The van der Waals surface area contributed by atoms with Crippen molar-refractivity contribution < 1.29 is 5.11 Å². The average Bonchev–Trinajstić information content (AvgIpc) is 2.69. The van der Waals surface area contributed by atoms with E-state index in [1.54, 1.807) is 6.20 Å². The monoisotopic (exact) mass is 375 g/mol. The van der Waals surface area contributed by atoms with Gasteiger partial charge < -0.3 is 10.4 Å². The van der Waals surface area contributed by atoms with Crippen LogP contribution in [-0.4, -0.2) is 15.1 Å². The smallest absolute Gasteiger partial charge is 0.147 e. The van der Waals surface area contributed by atoms with Gasteiger partial charge in [0, 0.05) is 27.9 Å². The quantitative estimate of drug-likeness (QED) is 0.494. The topological polar surface area (TPSA) is 58.0 Å². The van der Waals surface area contributed by atoms with Crippen molar-refractivity contribution in [3.8, 4) is 5.75 Å². The average molecular weight is 376 g/mol. The third-order valence-corrected chi connectivity index (χ3v) is 4.73. The number of benzene rings is 2. The number of hydrogen-bond donors (Lipinski definition) is 2. The summed E-state index contributed by atoms with van der Waals surface area (Å²) in [6.45, 7) is 1.91. The number of halogens is 1. The van der Waals surface area contributed by atoms with Crippen LogP contribution in [-0.2, 0) is 0 Å². The lowest BCUT2D eigenvalue weighted by Gasteiger charge is -2.22. The van der Waals surface area contributed by atoms with E-state index < -0.39 is 0 Å². The molecule has 2 heterocycles. The highest BCUT2D eigenvalue weighted by Crippen LogP contribution is 2.36. The van der Waals surface area contributed by atoms with Crippen LogP contribution in [0.5, 0.6) is 5.75 Å². The van der Waals surface area contributed by atoms with Crippen LogP contribution < -0.4 is 5.32 Å². The van der Waals surface area contributed by atoms with Gasteiger partial charge in [-0.25, -0.2) is 9.97 Å². The Labute approximate surface area is 162 Å². The lowest BCUT2D eigenvalue weighted by Crippen LogP contribution is -2.13. The number of nitrogens with zero attached hydrogens (tertiary/aromatic N) is 2. The van der Waals surface area contributed by atoms with Crippen molar-refractivity contribution in [3.05, 3.63) is 94.8 Å². The number of fused-ring (bicyclic) bond motifs is 1. The van der Waals surface area contributed by atoms with E-state index in [-0.39, 0.29) is 11.8 Å². The van der Waals surface area contributed by atoms with E-state index in [0.29, 0.717) is 16.4 Å². The van der Waals surface area contributed by atoms with Crippen LogP contribution in [0, 0.1) is 6.92 Å². The van der Waals surface area contributed by atoms with Gasteiger partial charge in [-0.3, -0.25) is 0 Å². The van der Waals surface area contributed by atoms with Crippen molar-refractivity contribution in [1.29, 1.82) is 0 Å². The van der Waals surface area contributed by atoms with E-state index in [1.165, 1.54) is 0 Å². The molecule has 0 saturated carbocycles. The molecule has 2 N–H and O–H groups in total.